The van der Waals surface area contributed by atoms with Gasteiger partial charge in [-0.25, -0.2) is 4.39 Å². The van der Waals surface area contributed by atoms with Crippen LogP contribution in [0, 0.1) is 5.82 Å². The molecular weight excluding hydrogens is 571 g/mol. The Bertz CT molecular complexity index is 1490. The van der Waals surface area contributed by atoms with E-state index in [9.17, 15) is 28.8 Å². The van der Waals surface area contributed by atoms with Gasteiger partial charge in [-0.05, 0) is 90.2 Å². The summed E-state index contributed by atoms with van der Waals surface area (Å²) < 4.78 is 23.3. The Morgan fingerprint density at radius 2 is 1.45 bits per heavy atom. The molecular formula is C30H34B2FN3O8. The van der Waals surface area contributed by atoms with Gasteiger partial charge in [-0.2, -0.15) is 0 Å². The topological polar surface area (TPSA) is 191 Å². The van der Waals surface area contributed by atoms with E-state index in [4.69, 9.17) is 19.8 Å². The molecule has 14 heteroatoms. The summed E-state index contributed by atoms with van der Waals surface area (Å²) >= 11 is 0. The second kappa shape index (κ2) is 15.9. The third-order valence-electron chi connectivity index (χ3n) is 7.05. The fourth-order valence-corrected chi connectivity index (χ4v) is 4.94. The first-order valence-electron chi connectivity index (χ1n) is 13.8. The highest BCUT2D eigenvalue weighted by Gasteiger charge is 2.29. The molecule has 5 rings (SSSR count). The summed E-state index contributed by atoms with van der Waals surface area (Å²) in [6.07, 6.45) is 1.13. The highest BCUT2D eigenvalue weighted by atomic mass is 19.1. The second-order valence-corrected chi connectivity index (χ2v) is 10.4. The first-order valence-corrected chi connectivity index (χ1v) is 13.8. The number of amides is 3. The van der Waals surface area contributed by atoms with E-state index in [1.54, 1.807) is 48.5 Å². The number of ketones is 1. The van der Waals surface area contributed by atoms with E-state index in [0.717, 1.165) is 16.7 Å². The Kier molecular flexibility index (Phi) is 12.4. The number of Topliss-reactive ketones (excluding diaryl/α,β-unsaturated/α-hetero) is 1. The fourth-order valence-electron chi connectivity index (χ4n) is 4.94. The van der Waals surface area contributed by atoms with E-state index in [2.05, 4.69) is 11.1 Å². The minimum Gasteiger partial charge on any atom is -0.423 e. The summed E-state index contributed by atoms with van der Waals surface area (Å²) in [4.78, 5) is 43.6. The van der Waals surface area contributed by atoms with E-state index in [0.29, 0.717) is 48.1 Å². The first kappa shape index (κ1) is 34.1. The third kappa shape index (κ3) is 9.32. The van der Waals surface area contributed by atoms with Crippen molar-refractivity contribution in [1.29, 1.82) is 0 Å². The van der Waals surface area contributed by atoms with Gasteiger partial charge in [0.05, 0.1) is 13.2 Å². The van der Waals surface area contributed by atoms with Crippen LogP contribution in [0.3, 0.4) is 0 Å². The van der Waals surface area contributed by atoms with Gasteiger partial charge in [0.25, 0.3) is 5.91 Å². The van der Waals surface area contributed by atoms with E-state index in [1.807, 2.05) is 6.92 Å². The molecule has 2 unspecified atom stereocenters. The summed E-state index contributed by atoms with van der Waals surface area (Å²) in [5, 5.41) is 22.1. The molecule has 0 aliphatic carbocycles. The Hall–Kier alpha value is -4.36. The molecule has 44 heavy (non-hydrogen) atoms. The normalized spacial score (nSPS) is 14.1. The number of nitrogens with two attached hydrogens (primary N) is 2. The van der Waals surface area contributed by atoms with Crippen LogP contribution in [0.25, 0.3) is 0 Å². The monoisotopic (exact) mass is 605 g/mol. The number of hydrogen-bond donors (Lipinski definition) is 5. The molecule has 3 aromatic rings. The van der Waals surface area contributed by atoms with E-state index in [-0.39, 0.29) is 35.9 Å². The van der Waals surface area contributed by atoms with Crippen molar-refractivity contribution in [3.8, 4) is 0 Å². The van der Waals surface area contributed by atoms with Crippen molar-refractivity contribution in [2.75, 3.05) is 0 Å². The smallest absolute Gasteiger partial charge is 0.423 e. The molecule has 0 aromatic heterocycles. The zero-order valence-corrected chi connectivity index (χ0v) is 24.4. The first-order chi connectivity index (χ1) is 20.9. The van der Waals surface area contributed by atoms with Gasteiger partial charge in [0.1, 0.15) is 11.6 Å². The largest absolute Gasteiger partial charge is 0.491 e. The molecule has 7 N–H and O–H groups in total. The van der Waals surface area contributed by atoms with Crippen LogP contribution in [-0.4, -0.2) is 54.3 Å². The molecule has 2 aliphatic rings. The Balaban J connectivity index is 0.000000273. The number of nitrogens with one attached hydrogen (secondary N) is 1. The van der Waals surface area contributed by atoms with Crippen molar-refractivity contribution in [1.82, 2.24) is 5.32 Å². The summed E-state index contributed by atoms with van der Waals surface area (Å²) in [6.45, 7) is 4.12. The standard InChI is InChI=1S/C21H23BFNO4.C8H8BNO3.CH3NO/c1-13(9-18(10-14(2)25)15-5-7-19(23)8-6-15)24-21(26)16-3-4-17-12-28-22(27)20(17)11-16;10-8(11)5-1-2-6-4-13-9(12)7(6)3-5;2-1-3/h3-8,11,13,18,27H,9-10,12H2,1-2H3,(H,24,26);1-3,12H,4H2,(H2,10,11);1H,(H2,2,3). The molecule has 3 aromatic carbocycles. The average molecular weight is 605 g/mol. The van der Waals surface area contributed by atoms with Crippen LogP contribution in [-0.2, 0) is 32.1 Å². The highest BCUT2D eigenvalue weighted by Crippen LogP contribution is 2.26. The average Bonchev–Trinajstić information content (AvgIpc) is 3.54. The summed E-state index contributed by atoms with van der Waals surface area (Å²) in [6, 6.07) is 16.0. The number of primary amides is 2. The van der Waals surface area contributed by atoms with E-state index in [1.165, 1.54) is 19.1 Å². The Labute approximate surface area is 255 Å². The van der Waals surface area contributed by atoms with Gasteiger partial charge in [0, 0.05) is 23.6 Å². The van der Waals surface area contributed by atoms with Crippen LogP contribution in [0.2, 0.25) is 0 Å². The molecule has 0 saturated heterocycles. The molecule has 0 bridgehead atoms. The Morgan fingerprint density at radius 1 is 0.955 bits per heavy atom. The SMILES string of the molecule is CC(=O)CC(CC(C)NC(=O)c1ccc2c(c1)B(O)OC2)c1ccc(F)cc1.NC(=O)c1ccc2c(c1)B(O)OC2.NC=O. The van der Waals surface area contributed by atoms with Crippen molar-refractivity contribution in [2.45, 2.75) is 51.9 Å². The maximum atomic E-state index is 13.2. The maximum absolute atomic E-state index is 13.2. The van der Waals surface area contributed by atoms with Crippen LogP contribution in [0.5, 0.6) is 0 Å². The molecule has 0 radical (unpaired) electrons. The second-order valence-electron chi connectivity index (χ2n) is 10.4. The van der Waals surface area contributed by atoms with Crippen LogP contribution in [0.1, 0.15) is 70.0 Å². The minimum atomic E-state index is -1.00. The van der Waals surface area contributed by atoms with E-state index >= 15 is 0 Å². The van der Waals surface area contributed by atoms with Crippen LogP contribution < -0.4 is 27.7 Å². The van der Waals surface area contributed by atoms with Gasteiger partial charge in [-0.1, -0.05) is 24.3 Å². The minimum absolute atomic E-state index is 0.0421. The van der Waals surface area contributed by atoms with Crippen molar-refractivity contribution < 1.29 is 42.9 Å². The van der Waals surface area contributed by atoms with Crippen LogP contribution >= 0.6 is 0 Å². The molecule has 2 heterocycles. The predicted octanol–water partition coefficient (Wildman–Crippen LogP) is 0.419. The van der Waals surface area contributed by atoms with Gasteiger partial charge in [-0.15, -0.1) is 0 Å². The number of hydrogen-bond acceptors (Lipinski definition) is 8. The fraction of sp³-hybridized carbons (Fsp3) is 0.267. The molecule has 0 saturated carbocycles. The molecule has 2 aliphatic heterocycles. The lowest BCUT2D eigenvalue weighted by atomic mass is 9.78. The van der Waals surface area contributed by atoms with Crippen molar-refractivity contribution in [2.24, 2.45) is 11.5 Å². The van der Waals surface area contributed by atoms with Gasteiger partial charge >= 0.3 is 14.2 Å². The predicted molar refractivity (Wildman–Crippen MR) is 162 cm³/mol. The zero-order valence-electron chi connectivity index (χ0n) is 24.4. The quantitative estimate of drug-likeness (QED) is 0.180. The molecule has 0 fully saturated rings. The van der Waals surface area contributed by atoms with Crippen molar-refractivity contribution in [3.05, 3.63) is 94.3 Å². The van der Waals surface area contributed by atoms with Gasteiger partial charge in [-0.3, -0.25) is 14.4 Å². The summed E-state index contributed by atoms with van der Waals surface area (Å²) in [5.74, 6) is -1.14. The number of fused-ring (bicyclic) bond motifs is 2. The lowest BCUT2D eigenvalue weighted by molar-refractivity contribution is -0.117. The zero-order chi connectivity index (χ0) is 32.4. The maximum Gasteiger partial charge on any atom is 0.491 e. The molecule has 0 spiro atoms. The van der Waals surface area contributed by atoms with Crippen LogP contribution in [0.4, 0.5) is 4.39 Å². The molecule has 11 nitrogen and oxygen atoms in total. The van der Waals surface area contributed by atoms with Crippen molar-refractivity contribution in [3.63, 3.8) is 0 Å². The summed E-state index contributed by atoms with van der Waals surface area (Å²) in [7, 11) is -1.92. The number of carbonyl (C=O) groups is 4. The molecule has 2 atom stereocenters. The molecule has 230 valence electrons. The number of benzene rings is 3. The van der Waals surface area contributed by atoms with Crippen LogP contribution in [0.15, 0.2) is 60.7 Å². The molecule has 3 amide bonds. The van der Waals surface area contributed by atoms with Gasteiger partial charge in [0.2, 0.25) is 12.3 Å². The number of carbonyl (C=O) groups excluding carboxylic acids is 4. The van der Waals surface area contributed by atoms with Gasteiger partial charge in [0.15, 0.2) is 0 Å². The number of rotatable bonds is 8. The van der Waals surface area contributed by atoms with E-state index < -0.39 is 20.1 Å². The lowest BCUT2D eigenvalue weighted by Gasteiger charge is -2.22. The van der Waals surface area contributed by atoms with Crippen molar-refractivity contribution >= 4 is 49.2 Å². The highest BCUT2D eigenvalue weighted by molar-refractivity contribution is 6.62. The third-order valence-corrected chi connectivity index (χ3v) is 7.05. The number of halogens is 1. The lowest BCUT2D eigenvalue weighted by Crippen LogP contribution is -2.35. The summed E-state index contributed by atoms with van der Waals surface area (Å²) in [5.41, 5.74) is 14.0. The van der Waals surface area contributed by atoms with Gasteiger partial charge < -0.3 is 40.9 Å². The Morgan fingerprint density at radius 3 is 1.95 bits per heavy atom.